The number of ether oxygens (including phenoxy) is 1. The Bertz CT molecular complexity index is 707. The lowest BCUT2D eigenvalue weighted by Crippen LogP contribution is -2.02. The van der Waals surface area contributed by atoms with Crippen molar-refractivity contribution in [2.75, 3.05) is 7.11 Å². The van der Waals surface area contributed by atoms with Crippen LogP contribution in [0.15, 0.2) is 30.0 Å². The molecule has 0 bridgehead atoms. The first-order chi connectivity index (χ1) is 9.10. The second kappa shape index (κ2) is 4.99. The highest BCUT2D eigenvalue weighted by Crippen LogP contribution is 2.33. The van der Waals surface area contributed by atoms with E-state index in [4.69, 9.17) is 10.5 Å². The number of nitrogens with two attached hydrogens (primary N) is 1. The van der Waals surface area contributed by atoms with Gasteiger partial charge in [0.25, 0.3) is 0 Å². The molecule has 96 valence electrons. The van der Waals surface area contributed by atoms with Crippen LogP contribution in [0.2, 0.25) is 0 Å². The molecule has 2 N–H and O–H groups in total. The zero-order valence-electron chi connectivity index (χ0n) is 11.2. The molecule has 0 aliphatic heterocycles. The van der Waals surface area contributed by atoms with Gasteiger partial charge in [0.05, 0.1) is 12.6 Å². The number of hydrogen-bond acceptors (Lipinski definition) is 4. The van der Waals surface area contributed by atoms with Crippen LogP contribution in [-0.4, -0.2) is 12.1 Å². The third-order valence-corrected chi connectivity index (χ3v) is 3.13. The van der Waals surface area contributed by atoms with Gasteiger partial charge in [0.2, 0.25) is 5.88 Å². The normalized spacial score (nSPS) is 11.9. The van der Waals surface area contributed by atoms with Gasteiger partial charge in [0.15, 0.2) is 0 Å². The van der Waals surface area contributed by atoms with Crippen molar-refractivity contribution in [1.29, 1.82) is 5.26 Å². The van der Waals surface area contributed by atoms with Crippen molar-refractivity contribution in [3.8, 4) is 11.9 Å². The highest BCUT2D eigenvalue weighted by Gasteiger charge is 2.17. The number of pyridine rings is 1. The fourth-order valence-electron chi connectivity index (χ4n) is 2.03. The highest BCUT2D eigenvalue weighted by atomic mass is 16.5. The average Bonchev–Trinajstić information content (AvgIpc) is 2.44. The van der Waals surface area contributed by atoms with Crippen LogP contribution in [0.4, 0.5) is 0 Å². The Morgan fingerprint density at radius 1 is 1.32 bits per heavy atom. The molecule has 4 nitrogen and oxygen atoms in total. The van der Waals surface area contributed by atoms with Crippen LogP contribution in [0.25, 0.3) is 16.5 Å². The molecule has 0 amide bonds. The smallest absolute Gasteiger partial charge is 0.232 e. The van der Waals surface area contributed by atoms with Gasteiger partial charge in [0.1, 0.15) is 11.6 Å². The fourth-order valence-corrected chi connectivity index (χ4v) is 2.03. The van der Waals surface area contributed by atoms with E-state index in [2.05, 4.69) is 11.1 Å². The van der Waals surface area contributed by atoms with E-state index in [1.54, 1.807) is 0 Å². The zero-order chi connectivity index (χ0) is 14.0. The predicted molar refractivity (Wildman–Crippen MR) is 75.5 cm³/mol. The van der Waals surface area contributed by atoms with Crippen molar-refractivity contribution in [2.45, 2.75) is 13.8 Å². The van der Waals surface area contributed by atoms with Crippen molar-refractivity contribution in [3.05, 3.63) is 41.1 Å². The number of allylic oxidation sites excluding steroid dienone is 2. The van der Waals surface area contributed by atoms with Crippen LogP contribution >= 0.6 is 0 Å². The summed E-state index contributed by atoms with van der Waals surface area (Å²) in [6.07, 6.45) is 0. The van der Waals surface area contributed by atoms with Gasteiger partial charge in [-0.3, -0.25) is 0 Å². The topological polar surface area (TPSA) is 71.9 Å². The third kappa shape index (κ3) is 2.11. The van der Waals surface area contributed by atoms with E-state index in [-0.39, 0.29) is 0 Å². The summed E-state index contributed by atoms with van der Waals surface area (Å²) < 4.78 is 5.22. The summed E-state index contributed by atoms with van der Waals surface area (Å²) in [6.45, 7) is 3.72. The van der Waals surface area contributed by atoms with Crippen molar-refractivity contribution in [3.63, 3.8) is 0 Å². The van der Waals surface area contributed by atoms with E-state index >= 15 is 0 Å². The first-order valence-corrected chi connectivity index (χ1v) is 5.90. The maximum absolute atomic E-state index is 9.39. The van der Waals surface area contributed by atoms with Gasteiger partial charge in [-0.1, -0.05) is 18.2 Å². The van der Waals surface area contributed by atoms with Crippen molar-refractivity contribution < 1.29 is 4.74 Å². The molecule has 0 atom stereocenters. The van der Waals surface area contributed by atoms with Crippen LogP contribution in [-0.2, 0) is 0 Å². The predicted octanol–water partition coefficient (Wildman–Crippen LogP) is 2.82. The van der Waals surface area contributed by atoms with Crippen molar-refractivity contribution in [1.82, 2.24) is 4.98 Å². The maximum Gasteiger partial charge on any atom is 0.232 e. The number of hydrogen-bond donors (Lipinski definition) is 1. The van der Waals surface area contributed by atoms with Gasteiger partial charge in [0, 0.05) is 16.6 Å². The van der Waals surface area contributed by atoms with E-state index in [0.29, 0.717) is 17.1 Å². The minimum absolute atomic E-state index is 0.330. The summed E-state index contributed by atoms with van der Waals surface area (Å²) in [5, 5.41) is 10.3. The average molecular weight is 253 g/mol. The fraction of sp³-hybridized carbons (Fsp3) is 0.200. The van der Waals surface area contributed by atoms with Crippen LogP contribution in [0.3, 0.4) is 0 Å². The molecule has 0 radical (unpaired) electrons. The number of methoxy groups -OCH3 is 1. The molecule has 0 aliphatic rings. The quantitative estimate of drug-likeness (QED) is 0.893. The second-order valence-corrected chi connectivity index (χ2v) is 4.31. The zero-order valence-corrected chi connectivity index (χ0v) is 11.2. The van der Waals surface area contributed by atoms with Crippen molar-refractivity contribution in [2.24, 2.45) is 5.73 Å². The summed E-state index contributed by atoms with van der Waals surface area (Å²) in [7, 11) is 1.51. The molecule has 0 saturated heterocycles. The van der Waals surface area contributed by atoms with Gasteiger partial charge in [-0.05, 0) is 25.5 Å². The Kier molecular flexibility index (Phi) is 3.39. The molecule has 1 heterocycles. The van der Waals surface area contributed by atoms with Gasteiger partial charge in [-0.25, -0.2) is 4.98 Å². The molecule has 0 fully saturated rings. The van der Waals surface area contributed by atoms with Gasteiger partial charge < -0.3 is 10.5 Å². The third-order valence-electron chi connectivity index (χ3n) is 3.13. The van der Waals surface area contributed by atoms with Crippen LogP contribution < -0.4 is 10.5 Å². The molecular formula is C15H15N3O. The SMILES string of the molecule is COc1nc2ccccc2c(C(C)=C(C)N)c1C#N. The molecular weight excluding hydrogens is 238 g/mol. The summed E-state index contributed by atoms with van der Waals surface area (Å²) in [6, 6.07) is 9.81. The van der Waals surface area contributed by atoms with Gasteiger partial charge >= 0.3 is 0 Å². The lowest BCUT2D eigenvalue weighted by molar-refractivity contribution is 0.398. The number of para-hydroxylation sites is 1. The maximum atomic E-state index is 9.39. The molecule has 2 aromatic rings. The molecule has 0 saturated carbocycles. The summed E-state index contributed by atoms with van der Waals surface area (Å²) in [5.74, 6) is 0.330. The summed E-state index contributed by atoms with van der Waals surface area (Å²) >= 11 is 0. The van der Waals surface area contributed by atoms with E-state index in [1.165, 1.54) is 7.11 Å². The monoisotopic (exact) mass is 253 g/mol. The Morgan fingerprint density at radius 3 is 2.58 bits per heavy atom. The van der Waals surface area contributed by atoms with Crippen molar-refractivity contribution >= 4 is 16.5 Å². The minimum Gasteiger partial charge on any atom is -0.480 e. The van der Waals surface area contributed by atoms with E-state index < -0.39 is 0 Å². The molecule has 0 aliphatic carbocycles. The van der Waals surface area contributed by atoms with Gasteiger partial charge in [-0.15, -0.1) is 0 Å². The number of aromatic nitrogens is 1. The number of fused-ring (bicyclic) bond motifs is 1. The van der Waals surface area contributed by atoms with E-state index in [0.717, 1.165) is 22.0 Å². The first kappa shape index (κ1) is 12.9. The van der Waals surface area contributed by atoms with Crippen LogP contribution in [0.5, 0.6) is 5.88 Å². The molecule has 1 aromatic heterocycles. The Morgan fingerprint density at radius 2 is 2.00 bits per heavy atom. The number of rotatable bonds is 2. The van der Waals surface area contributed by atoms with Gasteiger partial charge in [-0.2, -0.15) is 5.26 Å². The number of benzene rings is 1. The molecule has 19 heavy (non-hydrogen) atoms. The highest BCUT2D eigenvalue weighted by molar-refractivity contribution is 5.95. The standard InChI is InChI=1S/C15H15N3O/c1-9(10(2)17)14-11-6-4-5-7-13(11)18-15(19-3)12(14)8-16/h4-7H,17H2,1-3H3. The van der Waals surface area contributed by atoms with Crippen LogP contribution in [0.1, 0.15) is 25.0 Å². The molecule has 0 unspecified atom stereocenters. The number of nitriles is 1. The minimum atomic E-state index is 0.330. The number of nitrogens with zero attached hydrogens (tertiary/aromatic N) is 2. The summed E-state index contributed by atoms with van der Waals surface area (Å²) in [5.41, 5.74) is 9.43. The van der Waals surface area contributed by atoms with E-state index in [1.807, 2.05) is 38.1 Å². The van der Waals surface area contributed by atoms with Crippen LogP contribution in [0, 0.1) is 11.3 Å². The molecule has 0 spiro atoms. The largest absolute Gasteiger partial charge is 0.480 e. The molecule has 1 aromatic carbocycles. The lowest BCUT2D eigenvalue weighted by Gasteiger charge is -2.13. The molecule has 2 rings (SSSR count). The first-order valence-electron chi connectivity index (χ1n) is 5.90. The second-order valence-electron chi connectivity index (χ2n) is 4.31. The Labute approximate surface area is 112 Å². The summed E-state index contributed by atoms with van der Waals surface area (Å²) in [4.78, 5) is 4.36. The van der Waals surface area contributed by atoms with E-state index in [9.17, 15) is 5.26 Å². The Balaban J connectivity index is 3.00. The lowest BCUT2D eigenvalue weighted by atomic mass is 9.96. The Hall–Kier alpha value is -2.54. The molecule has 4 heteroatoms.